The minimum atomic E-state index is -5.78. The summed E-state index contributed by atoms with van der Waals surface area (Å²) in [5.74, 6) is 1.25. The van der Waals surface area contributed by atoms with Gasteiger partial charge < -0.3 is 33.8 Å². The van der Waals surface area contributed by atoms with E-state index >= 15 is 0 Å². The zero-order chi connectivity index (χ0) is 102. The first-order chi connectivity index (χ1) is 73.7. The standard InChI is InChI=1S/C53H38N4.C36H29N3.C26H35OP.C18H10F3NO3S/c1-5-17-39(18-6-1)55(40-19-7-2-8-20-40)43-29-31-44(32-30-43)56(41-21-9-3-10-22-41)45-33-35-46(36-34-45)57(42-23-11-4-12-24-42)52-38-37-51-49-27-14-13-25-47(49)48-26-15-16-28-50(48)53(51)54-52;1-5-13-29(14-6-1)37-30-21-23-34(24-22-30)39(33-19-11-4-12-20-33)36-27-25-35(26-28-36)38(31-15-7-2-8-16-31)32-17-9-3-10-18-32;1-20-12-11-18-24(27-2)26(20)23-17-9-10-19-25(23)28(21-13-5-3-6-14-21)22-15-7-4-8-16-22;19-18(20,21)26(23,24)25-16-10-9-15-13-7-2-1-5-11(13)12-6-3-4-8-14(12)17(15)22-16/h1-38H;1-28,37H;9-12,17-19,21-22H,3-8,13-16H2,1-2H3;1-10H. The maximum atomic E-state index is 12.6. The number of hydrogen-bond donors (Lipinski definition) is 1. The number of benzene rings is 20. The fourth-order valence-corrected chi connectivity index (χ4v) is 25.5. The summed E-state index contributed by atoms with van der Waals surface area (Å²) in [7, 11) is -4.09. The van der Waals surface area contributed by atoms with Crippen molar-refractivity contribution in [3.8, 4) is 22.8 Å². The summed E-state index contributed by atoms with van der Waals surface area (Å²) >= 11 is 0. The van der Waals surface area contributed by atoms with Crippen molar-refractivity contribution in [2.75, 3.05) is 36.9 Å². The number of para-hydroxylation sites is 8. The third-order valence-electron chi connectivity index (χ3n) is 28.1. The molecule has 2 heterocycles. The fraction of sp³-hybridized carbons (Fsp3) is 0.113. The van der Waals surface area contributed by atoms with Gasteiger partial charge in [-0.25, -0.2) is 9.97 Å². The fourth-order valence-electron chi connectivity index (χ4n) is 21.2. The molecule has 2 fully saturated rings. The highest BCUT2D eigenvalue weighted by Crippen LogP contribution is 2.58. The van der Waals surface area contributed by atoms with Crippen LogP contribution in [0.15, 0.2) is 504 Å². The van der Waals surface area contributed by atoms with E-state index in [0.717, 1.165) is 152 Å². The number of alkyl halides is 3. The zero-order valence-corrected chi connectivity index (χ0v) is 85.1. The van der Waals surface area contributed by atoms with Crippen molar-refractivity contribution in [3.63, 3.8) is 0 Å². The van der Waals surface area contributed by atoms with E-state index < -0.39 is 21.5 Å². The number of rotatable bonds is 24. The van der Waals surface area contributed by atoms with Crippen molar-refractivity contribution in [1.82, 2.24) is 9.97 Å². The van der Waals surface area contributed by atoms with E-state index in [9.17, 15) is 21.6 Å². The molecule has 20 aromatic carbocycles. The number of methoxy groups -OCH3 is 1. The van der Waals surface area contributed by atoms with Crippen molar-refractivity contribution in [2.45, 2.75) is 88.0 Å². The van der Waals surface area contributed by atoms with Gasteiger partial charge in [-0.15, -0.1) is 0 Å². The number of nitrogens with one attached hydrogen (secondary N) is 1. The predicted octanol–water partition coefficient (Wildman–Crippen LogP) is 37.5. The van der Waals surface area contributed by atoms with Gasteiger partial charge in [0.15, 0.2) is 0 Å². The van der Waals surface area contributed by atoms with Gasteiger partial charge in [0, 0.05) is 124 Å². The van der Waals surface area contributed by atoms with Gasteiger partial charge in [0.25, 0.3) is 0 Å². The molecule has 0 aliphatic heterocycles. The molecule has 0 bridgehead atoms. The van der Waals surface area contributed by atoms with E-state index in [1.54, 1.807) is 17.4 Å². The molecule has 150 heavy (non-hydrogen) atoms. The second kappa shape index (κ2) is 45.9. The summed E-state index contributed by atoms with van der Waals surface area (Å²) in [6, 6.07) is 174. The summed E-state index contributed by atoms with van der Waals surface area (Å²) in [5.41, 5.74) is 19.1. The molecule has 2 aliphatic rings. The SMILES string of the molecule is COc1cccc(C)c1-c1ccccc1P(C1CCCCC1)C1CCCCC1.O=S(=O)(Oc1ccc2c3ccccc3c3ccccc3c2n1)C(F)(F)F.c1ccc(N(c2ccccc2)c2ccc(N(c3ccccc3)c3ccc(N(c4ccccc4)c4ccc5c6ccccc6c6ccccc6c5n4)cc3)cc2)cc1.c1ccc(Nc2ccc(N(c3ccccc3)c3ccc(N(c4ccccc4)c4ccccc4)cc3)cc2)cc1. The van der Waals surface area contributed by atoms with Gasteiger partial charge in [0.05, 0.1) is 18.1 Å². The van der Waals surface area contributed by atoms with Crippen LogP contribution in [-0.4, -0.2) is 42.3 Å². The second-order valence-electron chi connectivity index (χ2n) is 37.6. The van der Waals surface area contributed by atoms with Crippen LogP contribution in [-0.2, 0) is 10.1 Å². The average molecular weight is 2010 g/mol. The van der Waals surface area contributed by atoms with Gasteiger partial charge in [0.2, 0.25) is 5.88 Å². The molecule has 0 saturated heterocycles. The Hall–Kier alpha value is -17.2. The Labute approximate surface area is 876 Å². The van der Waals surface area contributed by atoms with Crippen LogP contribution >= 0.6 is 7.92 Å². The first-order valence-electron chi connectivity index (χ1n) is 51.2. The van der Waals surface area contributed by atoms with Crippen LogP contribution < -0.4 is 44.0 Å². The summed E-state index contributed by atoms with van der Waals surface area (Å²) in [6.45, 7) is 2.23. The number of aryl methyl sites for hydroxylation is 1. The average Bonchev–Trinajstić information content (AvgIpc) is 0.742. The third-order valence-corrected chi connectivity index (χ3v) is 32.6. The summed E-state index contributed by atoms with van der Waals surface area (Å²) < 4.78 is 70.1. The Morgan fingerprint density at radius 1 is 0.280 bits per heavy atom. The quantitative estimate of drug-likeness (QED) is 0.0269. The second-order valence-corrected chi connectivity index (χ2v) is 41.8. The summed E-state index contributed by atoms with van der Waals surface area (Å²) in [5, 5.41) is 15.2. The number of fused-ring (bicyclic) bond motifs is 12. The van der Waals surface area contributed by atoms with Crippen molar-refractivity contribution < 1.29 is 30.5 Å². The molecule has 2 aliphatic carbocycles. The van der Waals surface area contributed by atoms with E-state index in [1.165, 1.54) is 103 Å². The molecule has 22 aromatic rings. The van der Waals surface area contributed by atoms with Crippen LogP contribution in [0.5, 0.6) is 11.6 Å². The van der Waals surface area contributed by atoms with Gasteiger partial charge in [-0.05, 0) is 311 Å². The maximum Gasteiger partial charge on any atom is 0.534 e. The van der Waals surface area contributed by atoms with Gasteiger partial charge >= 0.3 is 15.6 Å². The van der Waals surface area contributed by atoms with Crippen molar-refractivity contribution in [1.29, 1.82) is 0 Å². The van der Waals surface area contributed by atoms with Gasteiger partial charge in [-0.1, -0.05) is 325 Å². The van der Waals surface area contributed by atoms with Gasteiger partial charge in [-0.3, -0.25) is 4.90 Å². The largest absolute Gasteiger partial charge is 0.534 e. The number of pyridine rings is 2. The van der Waals surface area contributed by atoms with E-state index in [2.05, 4.69) is 458 Å². The lowest BCUT2D eigenvalue weighted by atomic mass is 9.97. The van der Waals surface area contributed by atoms with E-state index in [-0.39, 0.29) is 7.92 Å². The first kappa shape index (κ1) is 98.8. The Balaban J connectivity index is 0.000000123. The number of aromatic nitrogens is 2. The molecule has 0 atom stereocenters. The van der Waals surface area contributed by atoms with Crippen LogP contribution in [0, 0.1) is 6.92 Å². The molecule has 17 heteroatoms. The van der Waals surface area contributed by atoms with Crippen LogP contribution in [0.4, 0.5) is 110 Å². The molecule has 740 valence electrons. The Morgan fingerprint density at radius 2 is 0.553 bits per heavy atom. The Kier molecular flexibility index (Phi) is 30.2. The third kappa shape index (κ3) is 21.8. The van der Waals surface area contributed by atoms with Crippen molar-refractivity contribution >= 4 is 185 Å². The number of ether oxygens (including phenoxy) is 1. The molecule has 24 rings (SSSR count). The predicted molar refractivity (Wildman–Crippen MR) is 622 cm³/mol. The summed E-state index contributed by atoms with van der Waals surface area (Å²) in [6.07, 6.45) is 14.4. The lowest BCUT2D eigenvalue weighted by Gasteiger charge is -2.39. The lowest BCUT2D eigenvalue weighted by Crippen LogP contribution is -2.28. The number of hydrogen-bond acceptors (Lipinski definition) is 12. The molecule has 0 spiro atoms. The van der Waals surface area contributed by atoms with E-state index in [1.807, 2.05) is 73.8 Å². The van der Waals surface area contributed by atoms with E-state index in [4.69, 9.17) is 9.72 Å². The molecular formula is C133H112F3N8O4PS. The lowest BCUT2D eigenvalue weighted by molar-refractivity contribution is -0.0501. The van der Waals surface area contributed by atoms with E-state index in [0.29, 0.717) is 16.3 Å². The molecule has 1 N–H and O–H groups in total. The minimum absolute atomic E-state index is 0.122. The molecule has 0 amide bonds. The zero-order valence-electron chi connectivity index (χ0n) is 83.4. The molecule has 12 nitrogen and oxygen atoms in total. The van der Waals surface area contributed by atoms with Gasteiger partial charge in [0.1, 0.15) is 11.6 Å². The molecule has 2 saturated carbocycles. The normalized spacial score (nSPS) is 12.8. The number of anilines is 17. The highest BCUT2D eigenvalue weighted by molar-refractivity contribution is 7.88. The summed E-state index contributed by atoms with van der Waals surface area (Å²) in [4.78, 5) is 20.9. The van der Waals surface area contributed by atoms with Crippen molar-refractivity contribution in [3.05, 3.63) is 509 Å². The van der Waals surface area contributed by atoms with Gasteiger partial charge in [-0.2, -0.15) is 21.6 Å². The van der Waals surface area contributed by atoms with Crippen LogP contribution in [0.2, 0.25) is 0 Å². The topological polar surface area (TPSA) is 107 Å². The smallest absolute Gasteiger partial charge is 0.496 e. The molecule has 2 aromatic heterocycles. The number of nitrogens with zero attached hydrogens (tertiary/aromatic N) is 7. The highest BCUT2D eigenvalue weighted by Gasteiger charge is 2.49. The molecular weight excluding hydrogens is 1890 g/mol. The Bertz CT molecular complexity index is 8290. The van der Waals surface area contributed by atoms with Crippen LogP contribution in [0.3, 0.4) is 0 Å². The Morgan fingerprint density at radius 3 is 0.907 bits per heavy atom. The maximum absolute atomic E-state index is 12.6. The van der Waals surface area contributed by atoms with Crippen molar-refractivity contribution in [2.24, 2.45) is 0 Å². The van der Waals surface area contributed by atoms with Crippen LogP contribution in [0.25, 0.3) is 76.0 Å². The molecule has 0 unspecified atom stereocenters. The molecule has 0 radical (unpaired) electrons. The first-order valence-corrected chi connectivity index (χ1v) is 54.1. The number of halogens is 3. The highest BCUT2D eigenvalue weighted by atomic mass is 32.2. The minimum Gasteiger partial charge on any atom is -0.496 e. The van der Waals surface area contributed by atoms with Crippen LogP contribution in [0.1, 0.15) is 69.8 Å². The monoisotopic (exact) mass is 2000 g/mol.